The molecule has 2 aliphatic carbocycles. The third kappa shape index (κ3) is 2.12. The number of hydrogen-bond donors (Lipinski definition) is 0. The molecule has 0 aromatic heterocycles. The lowest BCUT2D eigenvalue weighted by molar-refractivity contribution is -0.266. The van der Waals surface area contributed by atoms with Gasteiger partial charge in [-0.05, 0) is 63.2 Å². The molecule has 0 bridgehead atoms. The Labute approximate surface area is 140 Å². The predicted octanol–water partition coefficient (Wildman–Crippen LogP) is 4.13. The topological polar surface area (TPSA) is 38.8 Å². The van der Waals surface area contributed by atoms with E-state index in [1.807, 2.05) is 0 Å². The van der Waals surface area contributed by atoms with Crippen LogP contribution in [0.3, 0.4) is 0 Å². The van der Waals surface area contributed by atoms with Gasteiger partial charge in [-0.3, -0.25) is 4.79 Å². The largest absolute Gasteiger partial charge is 0.370 e. The van der Waals surface area contributed by atoms with Crippen LogP contribution < -0.4 is 0 Å². The van der Waals surface area contributed by atoms with Gasteiger partial charge in [-0.2, -0.15) is 0 Å². The average Bonchev–Trinajstić information content (AvgIpc) is 3.27. The van der Waals surface area contributed by atoms with Gasteiger partial charge in [0.15, 0.2) is 0 Å². The fourth-order valence-corrected chi connectivity index (χ4v) is 6.71. The highest BCUT2D eigenvalue weighted by molar-refractivity contribution is 5.85. The molecule has 2 aliphatic heterocycles. The van der Waals surface area contributed by atoms with E-state index >= 15 is 0 Å². The quantitative estimate of drug-likeness (QED) is 0.682. The van der Waals surface area contributed by atoms with E-state index in [1.54, 1.807) is 0 Å². The van der Waals surface area contributed by atoms with Crippen LogP contribution in [0.1, 0.15) is 73.1 Å². The predicted molar refractivity (Wildman–Crippen MR) is 89.2 cm³/mol. The average molecular weight is 320 g/mol. The zero-order chi connectivity index (χ0) is 16.7. The van der Waals surface area contributed by atoms with E-state index in [0.717, 1.165) is 38.7 Å². The molecule has 0 N–H and O–H groups in total. The Balaban J connectivity index is 1.66. The number of carbonyl (C=O) groups excluding carboxylic acids is 1. The van der Waals surface area contributed by atoms with E-state index in [0.29, 0.717) is 23.7 Å². The molecule has 2 heterocycles. The SMILES string of the molecule is CC1(C)C(=O)CC[C@]2(C)C1CC[C@]1(C)O[C@@](C)([C@@H]3CO3)CCC21. The van der Waals surface area contributed by atoms with Gasteiger partial charge in [0.25, 0.3) is 0 Å². The molecule has 0 spiro atoms. The van der Waals surface area contributed by atoms with Crippen LogP contribution in [0.2, 0.25) is 0 Å². The molecule has 0 amide bonds. The fraction of sp³-hybridized carbons (Fsp3) is 0.950. The Morgan fingerprint density at radius 2 is 1.52 bits per heavy atom. The van der Waals surface area contributed by atoms with Crippen molar-refractivity contribution in [3.8, 4) is 0 Å². The standard InChI is InChI=1S/C20H32O3/c1-17(2)13-6-10-19(4)14(18(13,3)9-8-15(17)21)7-11-20(5,23-19)16-12-22-16/h13-14,16H,6-12H2,1-5H3/t13?,14?,16-,18+,19-,20+/m0/s1. The smallest absolute Gasteiger partial charge is 0.138 e. The highest BCUT2D eigenvalue weighted by atomic mass is 16.6. The van der Waals surface area contributed by atoms with Crippen molar-refractivity contribution < 1.29 is 14.3 Å². The van der Waals surface area contributed by atoms with Gasteiger partial charge in [-0.1, -0.05) is 20.8 Å². The molecule has 3 nitrogen and oxygen atoms in total. The molecule has 0 radical (unpaired) electrons. The molecule has 23 heavy (non-hydrogen) atoms. The fourth-order valence-electron chi connectivity index (χ4n) is 6.71. The van der Waals surface area contributed by atoms with E-state index < -0.39 is 0 Å². The summed E-state index contributed by atoms with van der Waals surface area (Å²) < 4.78 is 12.4. The molecule has 4 rings (SSSR count). The third-order valence-corrected chi connectivity index (χ3v) is 8.15. The summed E-state index contributed by atoms with van der Waals surface area (Å²) in [4.78, 5) is 12.5. The molecule has 4 aliphatic rings. The number of epoxide rings is 1. The molecular formula is C20H32O3. The minimum Gasteiger partial charge on any atom is -0.370 e. The first-order valence-corrected chi connectivity index (χ1v) is 9.47. The van der Waals surface area contributed by atoms with Crippen LogP contribution in [0.5, 0.6) is 0 Å². The lowest BCUT2D eigenvalue weighted by Gasteiger charge is -2.64. The van der Waals surface area contributed by atoms with E-state index in [9.17, 15) is 4.79 Å². The molecule has 3 heteroatoms. The number of fused-ring (bicyclic) bond motifs is 3. The van der Waals surface area contributed by atoms with Crippen LogP contribution in [-0.4, -0.2) is 29.7 Å². The van der Waals surface area contributed by atoms with Gasteiger partial charge in [0.1, 0.15) is 11.9 Å². The van der Waals surface area contributed by atoms with Crippen LogP contribution >= 0.6 is 0 Å². The summed E-state index contributed by atoms with van der Waals surface area (Å²) in [6, 6.07) is 0. The van der Waals surface area contributed by atoms with Crippen molar-refractivity contribution in [3.05, 3.63) is 0 Å². The van der Waals surface area contributed by atoms with E-state index in [4.69, 9.17) is 9.47 Å². The van der Waals surface area contributed by atoms with Crippen LogP contribution in [0.25, 0.3) is 0 Å². The lowest BCUT2D eigenvalue weighted by Crippen LogP contribution is -2.64. The molecular weight excluding hydrogens is 288 g/mol. The van der Waals surface area contributed by atoms with Crippen molar-refractivity contribution >= 4 is 5.78 Å². The second-order valence-electron chi connectivity index (χ2n) is 9.88. The molecule has 0 aromatic carbocycles. The van der Waals surface area contributed by atoms with Crippen molar-refractivity contribution in [1.29, 1.82) is 0 Å². The minimum absolute atomic E-state index is 0.0549. The highest BCUT2D eigenvalue weighted by Crippen LogP contribution is 2.65. The molecule has 6 atom stereocenters. The second-order valence-corrected chi connectivity index (χ2v) is 9.88. The number of rotatable bonds is 1. The first-order valence-electron chi connectivity index (χ1n) is 9.47. The van der Waals surface area contributed by atoms with Crippen molar-refractivity contribution in [3.63, 3.8) is 0 Å². The highest BCUT2D eigenvalue weighted by Gasteiger charge is 2.64. The summed E-state index contributed by atoms with van der Waals surface area (Å²) in [5, 5.41) is 0. The maximum Gasteiger partial charge on any atom is 0.138 e. The zero-order valence-electron chi connectivity index (χ0n) is 15.4. The van der Waals surface area contributed by atoms with Crippen LogP contribution in [0.4, 0.5) is 0 Å². The first-order chi connectivity index (χ1) is 10.6. The summed E-state index contributed by atoms with van der Waals surface area (Å²) in [6.07, 6.45) is 6.59. The summed E-state index contributed by atoms with van der Waals surface area (Å²) in [5.74, 6) is 1.53. The zero-order valence-corrected chi connectivity index (χ0v) is 15.4. The molecule has 0 aromatic rings. The monoisotopic (exact) mass is 320 g/mol. The molecule has 2 saturated carbocycles. The second kappa shape index (κ2) is 4.60. The van der Waals surface area contributed by atoms with Crippen LogP contribution in [0.15, 0.2) is 0 Å². The minimum atomic E-state index is -0.172. The van der Waals surface area contributed by atoms with Gasteiger partial charge < -0.3 is 9.47 Å². The number of ketones is 1. The van der Waals surface area contributed by atoms with E-state index in [-0.39, 0.29) is 22.0 Å². The number of Topliss-reactive ketones (excluding diaryl/α,β-unsaturated/α-hetero) is 1. The summed E-state index contributed by atoms with van der Waals surface area (Å²) >= 11 is 0. The molecule has 2 unspecified atom stereocenters. The van der Waals surface area contributed by atoms with Gasteiger partial charge >= 0.3 is 0 Å². The van der Waals surface area contributed by atoms with Gasteiger partial charge in [0.2, 0.25) is 0 Å². The Bertz CT molecular complexity index is 537. The van der Waals surface area contributed by atoms with E-state index in [2.05, 4.69) is 34.6 Å². The van der Waals surface area contributed by atoms with Gasteiger partial charge in [0.05, 0.1) is 17.8 Å². The number of carbonyl (C=O) groups is 1. The van der Waals surface area contributed by atoms with Gasteiger partial charge in [0, 0.05) is 11.8 Å². The Kier molecular flexibility index (Phi) is 3.22. The van der Waals surface area contributed by atoms with Gasteiger partial charge in [-0.25, -0.2) is 0 Å². The van der Waals surface area contributed by atoms with Crippen molar-refractivity contribution in [2.75, 3.05) is 6.61 Å². The normalized spacial score (nSPS) is 55.0. The number of ether oxygens (including phenoxy) is 2. The Morgan fingerprint density at radius 1 is 0.913 bits per heavy atom. The number of hydrogen-bond acceptors (Lipinski definition) is 3. The Hall–Kier alpha value is -0.410. The first kappa shape index (κ1) is 16.1. The molecule has 4 fully saturated rings. The van der Waals surface area contributed by atoms with Gasteiger partial charge in [-0.15, -0.1) is 0 Å². The molecule has 2 saturated heterocycles. The van der Waals surface area contributed by atoms with Crippen LogP contribution in [0, 0.1) is 22.7 Å². The summed E-state index contributed by atoms with van der Waals surface area (Å²) in [5.41, 5.74) is -0.0973. The van der Waals surface area contributed by atoms with Crippen LogP contribution in [-0.2, 0) is 14.3 Å². The maximum atomic E-state index is 12.5. The van der Waals surface area contributed by atoms with E-state index in [1.165, 1.54) is 6.42 Å². The van der Waals surface area contributed by atoms with Crippen molar-refractivity contribution in [1.82, 2.24) is 0 Å². The third-order valence-electron chi connectivity index (χ3n) is 8.15. The maximum absolute atomic E-state index is 12.5. The van der Waals surface area contributed by atoms with Crippen molar-refractivity contribution in [2.45, 2.75) is 90.4 Å². The Morgan fingerprint density at radius 3 is 2.17 bits per heavy atom. The summed E-state index contributed by atoms with van der Waals surface area (Å²) in [6.45, 7) is 12.3. The molecule has 130 valence electrons. The summed E-state index contributed by atoms with van der Waals surface area (Å²) in [7, 11) is 0. The van der Waals surface area contributed by atoms with Crippen molar-refractivity contribution in [2.24, 2.45) is 22.7 Å². The lowest BCUT2D eigenvalue weighted by atomic mass is 9.44.